The number of carbonyl (C=O) groups is 1. The van der Waals surface area contributed by atoms with E-state index in [2.05, 4.69) is 15.3 Å². The van der Waals surface area contributed by atoms with Gasteiger partial charge in [-0.25, -0.2) is 13.8 Å². The summed E-state index contributed by atoms with van der Waals surface area (Å²) in [5.41, 5.74) is 2.14. The molecule has 116 valence electrons. The third kappa shape index (κ3) is 2.85. The van der Waals surface area contributed by atoms with Gasteiger partial charge >= 0.3 is 0 Å². The Kier molecular flexibility index (Phi) is 4.15. The van der Waals surface area contributed by atoms with Crippen molar-refractivity contribution in [3.05, 3.63) is 42.4 Å². The molecule has 1 aromatic heterocycles. The molecule has 0 saturated carbocycles. The van der Waals surface area contributed by atoms with Crippen molar-refractivity contribution in [1.82, 2.24) is 20.2 Å². The SMILES string of the molecule is O=C(c1ccc(-c2cnc[nH]2)cc1)N1CCNCC1C(F)F. The minimum Gasteiger partial charge on any atom is -0.345 e. The molecule has 2 heterocycles. The Morgan fingerprint density at radius 3 is 2.73 bits per heavy atom. The predicted molar refractivity (Wildman–Crippen MR) is 77.7 cm³/mol. The summed E-state index contributed by atoms with van der Waals surface area (Å²) in [6, 6.07) is 5.79. The van der Waals surface area contributed by atoms with Crippen molar-refractivity contribution in [1.29, 1.82) is 0 Å². The van der Waals surface area contributed by atoms with Gasteiger partial charge in [0.15, 0.2) is 0 Å². The average molecular weight is 306 g/mol. The normalized spacial score (nSPS) is 18.7. The van der Waals surface area contributed by atoms with Gasteiger partial charge in [-0.2, -0.15) is 0 Å². The number of nitrogens with one attached hydrogen (secondary N) is 2. The second-order valence-corrected chi connectivity index (χ2v) is 5.15. The van der Waals surface area contributed by atoms with E-state index < -0.39 is 12.5 Å². The third-order valence-electron chi connectivity index (χ3n) is 3.78. The van der Waals surface area contributed by atoms with Crippen molar-refractivity contribution in [2.24, 2.45) is 0 Å². The quantitative estimate of drug-likeness (QED) is 0.908. The number of hydrogen-bond donors (Lipinski definition) is 2. The largest absolute Gasteiger partial charge is 0.345 e. The van der Waals surface area contributed by atoms with E-state index in [0.29, 0.717) is 12.1 Å². The van der Waals surface area contributed by atoms with E-state index in [-0.39, 0.29) is 19.0 Å². The summed E-state index contributed by atoms with van der Waals surface area (Å²) in [5, 5.41) is 2.90. The number of carbonyl (C=O) groups excluding carboxylic acids is 1. The molecule has 0 aliphatic carbocycles. The zero-order valence-electron chi connectivity index (χ0n) is 11.8. The number of amides is 1. The lowest BCUT2D eigenvalue weighted by Gasteiger charge is -2.35. The van der Waals surface area contributed by atoms with Crippen molar-refractivity contribution in [2.45, 2.75) is 12.5 Å². The Bertz CT molecular complexity index is 628. The van der Waals surface area contributed by atoms with Crippen LogP contribution in [0.5, 0.6) is 0 Å². The first-order valence-corrected chi connectivity index (χ1v) is 7.05. The van der Waals surface area contributed by atoms with Gasteiger partial charge < -0.3 is 15.2 Å². The second-order valence-electron chi connectivity index (χ2n) is 5.15. The van der Waals surface area contributed by atoms with E-state index in [0.717, 1.165) is 11.3 Å². The van der Waals surface area contributed by atoms with Crippen LogP contribution in [-0.4, -0.2) is 52.9 Å². The summed E-state index contributed by atoms with van der Waals surface area (Å²) in [6.07, 6.45) is 0.698. The minimum atomic E-state index is -2.55. The summed E-state index contributed by atoms with van der Waals surface area (Å²) in [4.78, 5) is 20.6. The Balaban J connectivity index is 1.79. The summed E-state index contributed by atoms with van der Waals surface area (Å²) in [5.74, 6) is -0.358. The van der Waals surface area contributed by atoms with Crippen LogP contribution in [0, 0.1) is 0 Å². The number of piperazine rings is 1. The zero-order valence-corrected chi connectivity index (χ0v) is 11.8. The molecular formula is C15H16F2N4O. The number of alkyl halides is 2. The van der Waals surface area contributed by atoms with Gasteiger partial charge in [0.1, 0.15) is 6.04 Å². The average Bonchev–Trinajstić information content (AvgIpc) is 3.09. The fourth-order valence-corrected chi connectivity index (χ4v) is 2.57. The number of H-pyrrole nitrogens is 1. The van der Waals surface area contributed by atoms with E-state index in [1.54, 1.807) is 36.8 Å². The van der Waals surface area contributed by atoms with Crippen molar-refractivity contribution in [3.8, 4) is 11.3 Å². The fraction of sp³-hybridized carbons (Fsp3) is 0.333. The summed E-state index contributed by atoms with van der Waals surface area (Å²) in [6.45, 7) is 0.937. The first-order valence-electron chi connectivity index (χ1n) is 7.05. The number of halogens is 2. The standard InChI is InChI=1S/C15H16F2N4O/c16-14(17)13-8-18-5-6-21(13)15(22)11-3-1-10(2-4-11)12-7-19-9-20-12/h1-4,7,9,13-14,18H,5-6,8H2,(H,19,20). The van der Waals surface area contributed by atoms with Gasteiger partial charge in [0, 0.05) is 25.2 Å². The summed E-state index contributed by atoms with van der Waals surface area (Å²) >= 11 is 0. The Hall–Kier alpha value is -2.28. The molecule has 1 aromatic carbocycles. The molecule has 22 heavy (non-hydrogen) atoms. The van der Waals surface area contributed by atoms with Gasteiger partial charge in [0.2, 0.25) is 0 Å². The number of benzene rings is 1. The lowest BCUT2D eigenvalue weighted by molar-refractivity contribution is 0.0126. The Morgan fingerprint density at radius 2 is 2.09 bits per heavy atom. The molecule has 2 aromatic rings. The molecule has 5 nitrogen and oxygen atoms in total. The predicted octanol–water partition coefficient (Wildman–Crippen LogP) is 1.76. The van der Waals surface area contributed by atoms with E-state index in [4.69, 9.17) is 0 Å². The molecule has 2 N–H and O–H groups in total. The van der Waals surface area contributed by atoms with Crippen molar-refractivity contribution >= 4 is 5.91 Å². The van der Waals surface area contributed by atoms with Crippen molar-refractivity contribution < 1.29 is 13.6 Å². The molecular weight excluding hydrogens is 290 g/mol. The number of nitrogens with zero attached hydrogens (tertiary/aromatic N) is 2. The molecule has 1 aliphatic heterocycles. The first kappa shape index (κ1) is 14.6. The van der Waals surface area contributed by atoms with Gasteiger partial charge in [-0.15, -0.1) is 0 Å². The monoisotopic (exact) mass is 306 g/mol. The Morgan fingerprint density at radius 1 is 1.32 bits per heavy atom. The zero-order chi connectivity index (χ0) is 15.5. The van der Waals surface area contributed by atoms with Gasteiger partial charge in [0.25, 0.3) is 12.3 Å². The molecule has 1 aliphatic rings. The first-order chi connectivity index (χ1) is 10.7. The number of aromatic nitrogens is 2. The molecule has 1 saturated heterocycles. The van der Waals surface area contributed by atoms with Crippen LogP contribution in [0.3, 0.4) is 0 Å². The molecule has 7 heteroatoms. The molecule has 1 atom stereocenters. The molecule has 0 bridgehead atoms. The van der Waals surface area contributed by atoms with Crippen LogP contribution in [-0.2, 0) is 0 Å². The molecule has 1 fully saturated rings. The number of rotatable bonds is 3. The van der Waals surface area contributed by atoms with Gasteiger partial charge in [-0.1, -0.05) is 12.1 Å². The van der Waals surface area contributed by atoms with Crippen molar-refractivity contribution in [3.63, 3.8) is 0 Å². The lowest BCUT2D eigenvalue weighted by Crippen LogP contribution is -2.56. The number of aromatic amines is 1. The van der Waals surface area contributed by atoms with Crippen LogP contribution in [0.25, 0.3) is 11.3 Å². The van der Waals surface area contributed by atoms with E-state index in [1.807, 2.05) is 0 Å². The van der Waals surface area contributed by atoms with Crippen LogP contribution >= 0.6 is 0 Å². The highest BCUT2D eigenvalue weighted by Gasteiger charge is 2.33. The Labute approximate surface area is 126 Å². The van der Waals surface area contributed by atoms with Gasteiger partial charge in [-0.05, 0) is 17.7 Å². The fourth-order valence-electron chi connectivity index (χ4n) is 2.57. The topological polar surface area (TPSA) is 61.0 Å². The molecule has 3 rings (SSSR count). The van der Waals surface area contributed by atoms with Crippen LogP contribution < -0.4 is 5.32 Å². The van der Waals surface area contributed by atoms with Crippen LogP contribution in [0.1, 0.15) is 10.4 Å². The molecule has 0 radical (unpaired) electrons. The summed E-state index contributed by atoms with van der Waals surface area (Å²) in [7, 11) is 0. The second kappa shape index (κ2) is 6.23. The van der Waals surface area contributed by atoms with Gasteiger partial charge in [0.05, 0.1) is 18.2 Å². The molecule has 1 amide bonds. The van der Waals surface area contributed by atoms with Crippen LogP contribution in [0.15, 0.2) is 36.8 Å². The maximum atomic E-state index is 13.1. The van der Waals surface area contributed by atoms with Crippen LogP contribution in [0.2, 0.25) is 0 Å². The van der Waals surface area contributed by atoms with E-state index in [1.165, 1.54) is 4.90 Å². The van der Waals surface area contributed by atoms with Gasteiger partial charge in [-0.3, -0.25) is 4.79 Å². The highest BCUT2D eigenvalue weighted by molar-refractivity contribution is 5.95. The number of imidazole rings is 1. The van der Waals surface area contributed by atoms with E-state index in [9.17, 15) is 13.6 Å². The smallest absolute Gasteiger partial charge is 0.259 e. The molecule has 0 spiro atoms. The van der Waals surface area contributed by atoms with Crippen LogP contribution in [0.4, 0.5) is 8.78 Å². The maximum absolute atomic E-state index is 13.1. The summed E-state index contributed by atoms with van der Waals surface area (Å²) < 4.78 is 26.1. The highest BCUT2D eigenvalue weighted by atomic mass is 19.3. The minimum absolute atomic E-state index is 0.121. The number of hydrogen-bond acceptors (Lipinski definition) is 3. The van der Waals surface area contributed by atoms with Crippen molar-refractivity contribution in [2.75, 3.05) is 19.6 Å². The third-order valence-corrected chi connectivity index (χ3v) is 3.78. The maximum Gasteiger partial charge on any atom is 0.259 e. The van der Waals surface area contributed by atoms with E-state index >= 15 is 0 Å². The lowest BCUT2D eigenvalue weighted by atomic mass is 10.1. The molecule has 1 unspecified atom stereocenters. The highest BCUT2D eigenvalue weighted by Crippen LogP contribution is 2.20.